The SMILES string of the molecule is O=C1NCCN1CCCc1ccc2c(n1)NCCC2. The Labute approximate surface area is 113 Å². The van der Waals surface area contributed by atoms with Gasteiger partial charge in [0.2, 0.25) is 0 Å². The minimum Gasteiger partial charge on any atom is -0.370 e. The average molecular weight is 260 g/mol. The fourth-order valence-electron chi connectivity index (χ4n) is 2.68. The predicted molar refractivity (Wildman–Crippen MR) is 74.3 cm³/mol. The normalized spacial score (nSPS) is 17.9. The summed E-state index contributed by atoms with van der Waals surface area (Å²) in [5.41, 5.74) is 2.45. The van der Waals surface area contributed by atoms with Crippen LogP contribution in [0.5, 0.6) is 0 Å². The minimum absolute atomic E-state index is 0.0695. The van der Waals surface area contributed by atoms with E-state index in [2.05, 4.69) is 27.8 Å². The molecule has 2 N–H and O–H groups in total. The van der Waals surface area contributed by atoms with Gasteiger partial charge in [0.1, 0.15) is 5.82 Å². The van der Waals surface area contributed by atoms with Crippen LogP contribution in [0, 0.1) is 0 Å². The van der Waals surface area contributed by atoms with Crippen molar-refractivity contribution in [1.82, 2.24) is 15.2 Å². The van der Waals surface area contributed by atoms with Crippen molar-refractivity contribution in [2.45, 2.75) is 25.7 Å². The van der Waals surface area contributed by atoms with Crippen LogP contribution in [0.25, 0.3) is 0 Å². The molecule has 0 saturated carbocycles. The Morgan fingerprint density at radius 2 is 2.21 bits per heavy atom. The smallest absolute Gasteiger partial charge is 0.317 e. The van der Waals surface area contributed by atoms with E-state index in [0.29, 0.717) is 0 Å². The highest BCUT2D eigenvalue weighted by Gasteiger charge is 2.18. The second kappa shape index (κ2) is 5.47. The van der Waals surface area contributed by atoms with Crippen LogP contribution in [0.3, 0.4) is 0 Å². The van der Waals surface area contributed by atoms with Crippen LogP contribution >= 0.6 is 0 Å². The van der Waals surface area contributed by atoms with Gasteiger partial charge in [-0.05, 0) is 37.3 Å². The number of carbonyl (C=O) groups excluding carboxylic acids is 1. The molecule has 102 valence electrons. The van der Waals surface area contributed by atoms with Gasteiger partial charge in [0.05, 0.1) is 0 Å². The van der Waals surface area contributed by atoms with Crippen LogP contribution < -0.4 is 10.6 Å². The second-order valence-electron chi connectivity index (χ2n) is 5.16. The number of anilines is 1. The average Bonchev–Trinajstić information content (AvgIpc) is 2.84. The van der Waals surface area contributed by atoms with Gasteiger partial charge in [-0.15, -0.1) is 0 Å². The van der Waals surface area contributed by atoms with Crippen molar-refractivity contribution in [1.29, 1.82) is 0 Å². The van der Waals surface area contributed by atoms with Gasteiger partial charge in [-0.3, -0.25) is 0 Å². The lowest BCUT2D eigenvalue weighted by Gasteiger charge is -2.18. The standard InChI is InChI=1S/C14H20N4O/c19-14-16-8-10-18(14)9-2-4-12-6-5-11-3-1-7-15-13(11)17-12/h5-6H,1-4,7-10H2,(H,15,17)(H,16,19). The third-order valence-corrected chi connectivity index (χ3v) is 3.76. The zero-order valence-corrected chi connectivity index (χ0v) is 11.1. The number of urea groups is 1. The molecule has 0 radical (unpaired) electrons. The summed E-state index contributed by atoms with van der Waals surface area (Å²) in [7, 11) is 0. The molecule has 19 heavy (non-hydrogen) atoms. The van der Waals surface area contributed by atoms with Crippen molar-refractivity contribution in [3.8, 4) is 0 Å². The van der Waals surface area contributed by atoms with Gasteiger partial charge in [0, 0.05) is 31.9 Å². The highest BCUT2D eigenvalue weighted by atomic mass is 16.2. The lowest BCUT2D eigenvalue weighted by molar-refractivity contribution is 0.217. The Kier molecular flexibility index (Phi) is 3.53. The van der Waals surface area contributed by atoms with E-state index in [1.54, 1.807) is 0 Å². The molecular weight excluding hydrogens is 240 g/mol. The zero-order valence-electron chi connectivity index (χ0n) is 11.1. The number of nitrogens with one attached hydrogen (secondary N) is 2. The molecule has 2 aliphatic heterocycles. The number of aryl methyl sites for hydroxylation is 2. The predicted octanol–water partition coefficient (Wildman–Crippen LogP) is 1.40. The Morgan fingerprint density at radius 1 is 1.26 bits per heavy atom. The minimum atomic E-state index is 0.0695. The summed E-state index contributed by atoms with van der Waals surface area (Å²) in [6, 6.07) is 4.38. The van der Waals surface area contributed by atoms with E-state index >= 15 is 0 Å². The Morgan fingerprint density at radius 3 is 3.05 bits per heavy atom. The maximum absolute atomic E-state index is 11.4. The monoisotopic (exact) mass is 260 g/mol. The Balaban J connectivity index is 1.53. The van der Waals surface area contributed by atoms with Crippen LogP contribution in [-0.2, 0) is 12.8 Å². The number of rotatable bonds is 4. The van der Waals surface area contributed by atoms with Gasteiger partial charge < -0.3 is 15.5 Å². The number of fused-ring (bicyclic) bond motifs is 1. The molecule has 5 nitrogen and oxygen atoms in total. The fourth-order valence-corrected chi connectivity index (χ4v) is 2.68. The third-order valence-electron chi connectivity index (χ3n) is 3.76. The topological polar surface area (TPSA) is 57.3 Å². The summed E-state index contributed by atoms with van der Waals surface area (Å²) in [5, 5.41) is 6.18. The third kappa shape index (κ3) is 2.80. The van der Waals surface area contributed by atoms with Crippen LogP contribution in [0.4, 0.5) is 10.6 Å². The second-order valence-corrected chi connectivity index (χ2v) is 5.16. The molecule has 1 aromatic heterocycles. The molecule has 5 heteroatoms. The summed E-state index contributed by atoms with van der Waals surface area (Å²) in [4.78, 5) is 17.9. The number of carbonyl (C=O) groups is 1. The van der Waals surface area contributed by atoms with Crippen molar-refractivity contribution < 1.29 is 4.79 Å². The number of pyridine rings is 1. The molecule has 0 unspecified atom stereocenters. The van der Waals surface area contributed by atoms with Crippen molar-refractivity contribution in [3.63, 3.8) is 0 Å². The van der Waals surface area contributed by atoms with Crippen molar-refractivity contribution in [2.24, 2.45) is 0 Å². The molecule has 0 aromatic carbocycles. The molecule has 2 amide bonds. The summed E-state index contributed by atoms with van der Waals surface area (Å²) >= 11 is 0. The zero-order chi connectivity index (χ0) is 13.1. The van der Waals surface area contributed by atoms with E-state index < -0.39 is 0 Å². The van der Waals surface area contributed by atoms with Gasteiger partial charge in [-0.2, -0.15) is 0 Å². The van der Waals surface area contributed by atoms with Gasteiger partial charge in [0.25, 0.3) is 0 Å². The summed E-state index contributed by atoms with van der Waals surface area (Å²) < 4.78 is 0. The van der Waals surface area contributed by atoms with E-state index in [9.17, 15) is 4.79 Å². The van der Waals surface area contributed by atoms with Crippen LogP contribution in [-0.4, -0.2) is 42.1 Å². The molecule has 0 bridgehead atoms. The first kappa shape index (κ1) is 12.3. The summed E-state index contributed by atoms with van der Waals surface area (Å²) in [6.07, 6.45) is 4.22. The first-order valence-corrected chi connectivity index (χ1v) is 7.08. The molecule has 0 aliphatic carbocycles. The molecule has 0 spiro atoms. The molecule has 3 heterocycles. The number of amides is 2. The van der Waals surface area contributed by atoms with Crippen LogP contribution in [0.1, 0.15) is 24.1 Å². The Bertz CT molecular complexity index is 475. The van der Waals surface area contributed by atoms with Gasteiger partial charge in [-0.25, -0.2) is 9.78 Å². The summed E-state index contributed by atoms with van der Waals surface area (Å²) in [6.45, 7) is 3.45. The first-order valence-electron chi connectivity index (χ1n) is 7.08. The molecular formula is C14H20N4O. The van der Waals surface area contributed by atoms with Crippen LogP contribution in [0.2, 0.25) is 0 Å². The number of hydrogen-bond acceptors (Lipinski definition) is 3. The van der Waals surface area contributed by atoms with E-state index in [-0.39, 0.29) is 6.03 Å². The highest BCUT2D eigenvalue weighted by Crippen LogP contribution is 2.20. The number of aromatic nitrogens is 1. The Hall–Kier alpha value is -1.78. The molecule has 1 aromatic rings. The van der Waals surface area contributed by atoms with Crippen molar-refractivity contribution in [2.75, 3.05) is 31.5 Å². The van der Waals surface area contributed by atoms with Crippen LogP contribution in [0.15, 0.2) is 12.1 Å². The van der Waals surface area contributed by atoms with Gasteiger partial charge >= 0.3 is 6.03 Å². The number of hydrogen-bond donors (Lipinski definition) is 2. The van der Waals surface area contributed by atoms with E-state index in [1.165, 1.54) is 12.0 Å². The van der Waals surface area contributed by atoms with E-state index in [4.69, 9.17) is 0 Å². The van der Waals surface area contributed by atoms with E-state index in [0.717, 1.165) is 57.0 Å². The maximum atomic E-state index is 11.4. The fraction of sp³-hybridized carbons (Fsp3) is 0.571. The van der Waals surface area contributed by atoms with Gasteiger partial charge in [-0.1, -0.05) is 6.07 Å². The lowest BCUT2D eigenvalue weighted by atomic mass is 10.1. The van der Waals surface area contributed by atoms with Gasteiger partial charge in [0.15, 0.2) is 0 Å². The molecule has 1 fully saturated rings. The number of nitrogens with zero attached hydrogens (tertiary/aromatic N) is 2. The molecule has 0 atom stereocenters. The quantitative estimate of drug-likeness (QED) is 0.860. The first-order chi connectivity index (χ1) is 9.33. The van der Waals surface area contributed by atoms with Crippen molar-refractivity contribution >= 4 is 11.8 Å². The van der Waals surface area contributed by atoms with Crippen molar-refractivity contribution in [3.05, 3.63) is 23.4 Å². The lowest BCUT2D eigenvalue weighted by Crippen LogP contribution is -2.29. The molecule has 1 saturated heterocycles. The van der Waals surface area contributed by atoms with E-state index in [1.807, 2.05) is 4.90 Å². The molecule has 3 rings (SSSR count). The summed E-state index contributed by atoms with van der Waals surface area (Å²) in [5.74, 6) is 1.06. The molecule has 2 aliphatic rings. The highest BCUT2D eigenvalue weighted by molar-refractivity contribution is 5.76. The maximum Gasteiger partial charge on any atom is 0.317 e. The largest absolute Gasteiger partial charge is 0.370 e.